The lowest BCUT2D eigenvalue weighted by atomic mass is 10.1. The van der Waals surface area contributed by atoms with E-state index in [1.54, 1.807) is 0 Å². The van der Waals surface area contributed by atoms with E-state index >= 15 is 0 Å². The van der Waals surface area contributed by atoms with E-state index in [0.717, 1.165) is 6.54 Å². The summed E-state index contributed by atoms with van der Waals surface area (Å²) in [6.07, 6.45) is 0.780. The molecule has 0 aromatic rings. The molecular formula is C7H13NO3S. The van der Waals surface area contributed by atoms with E-state index < -0.39 is 9.84 Å². The number of sulfone groups is 1. The standard InChI is InChI=1S/C7H13NO3S/c9-12(10)4-1-7-6(5-12)8-2-3-11-7/h6-8H,1-5H2. The molecule has 2 aliphatic rings. The summed E-state index contributed by atoms with van der Waals surface area (Å²) in [7, 11) is -2.80. The van der Waals surface area contributed by atoms with Gasteiger partial charge in [-0.05, 0) is 6.42 Å². The van der Waals surface area contributed by atoms with E-state index in [9.17, 15) is 8.42 Å². The van der Waals surface area contributed by atoms with E-state index in [1.807, 2.05) is 0 Å². The van der Waals surface area contributed by atoms with Crippen LogP contribution in [0.2, 0.25) is 0 Å². The van der Waals surface area contributed by atoms with Crippen LogP contribution in [-0.2, 0) is 14.6 Å². The number of fused-ring (bicyclic) bond motifs is 1. The number of hydrogen-bond acceptors (Lipinski definition) is 4. The van der Waals surface area contributed by atoms with Gasteiger partial charge in [-0.25, -0.2) is 8.42 Å². The third-order valence-corrected chi connectivity index (χ3v) is 4.16. The zero-order valence-corrected chi connectivity index (χ0v) is 7.64. The van der Waals surface area contributed by atoms with Crippen molar-refractivity contribution in [1.82, 2.24) is 5.32 Å². The lowest BCUT2D eigenvalue weighted by Gasteiger charge is -2.35. The summed E-state index contributed by atoms with van der Waals surface area (Å²) >= 11 is 0. The molecule has 0 bridgehead atoms. The molecule has 12 heavy (non-hydrogen) atoms. The second kappa shape index (κ2) is 2.97. The average molecular weight is 191 g/mol. The van der Waals surface area contributed by atoms with Gasteiger partial charge in [0.1, 0.15) is 0 Å². The van der Waals surface area contributed by atoms with Crippen LogP contribution >= 0.6 is 0 Å². The van der Waals surface area contributed by atoms with Gasteiger partial charge < -0.3 is 10.1 Å². The van der Waals surface area contributed by atoms with Crippen LogP contribution in [0.3, 0.4) is 0 Å². The Kier molecular flexibility index (Phi) is 2.10. The van der Waals surface area contributed by atoms with E-state index in [0.29, 0.717) is 13.0 Å². The maximum Gasteiger partial charge on any atom is 0.152 e. The fraction of sp³-hybridized carbons (Fsp3) is 1.00. The molecule has 2 atom stereocenters. The molecule has 0 aromatic heterocycles. The highest BCUT2D eigenvalue weighted by molar-refractivity contribution is 7.91. The highest BCUT2D eigenvalue weighted by Crippen LogP contribution is 2.18. The number of hydrogen-bond donors (Lipinski definition) is 1. The van der Waals surface area contributed by atoms with E-state index in [1.165, 1.54) is 0 Å². The predicted octanol–water partition coefficient (Wildman–Crippen LogP) is -0.838. The minimum Gasteiger partial charge on any atom is -0.375 e. The molecule has 0 saturated carbocycles. The Balaban J connectivity index is 2.08. The Bertz CT molecular complexity index is 262. The van der Waals surface area contributed by atoms with Gasteiger partial charge in [0.15, 0.2) is 9.84 Å². The van der Waals surface area contributed by atoms with Gasteiger partial charge in [-0.15, -0.1) is 0 Å². The predicted molar refractivity (Wildman–Crippen MR) is 44.8 cm³/mol. The molecule has 2 unspecified atom stereocenters. The van der Waals surface area contributed by atoms with Gasteiger partial charge in [-0.3, -0.25) is 0 Å². The first-order valence-electron chi connectivity index (χ1n) is 4.23. The first-order valence-corrected chi connectivity index (χ1v) is 6.05. The third-order valence-electron chi connectivity index (χ3n) is 2.44. The van der Waals surface area contributed by atoms with Gasteiger partial charge in [0.2, 0.25) is 0 Å². The molecule has 2 aliphatic heterocycles. The van der Waals surface area contributed by atoms with Crippen molar-refractivity contribution in [3.8, 4) is 0 Å². The molecular weight excluding hydrogens is 178 g/mol. The van der Waals surface area contributed by atoms with E-state index in [2.05, 4.69) is 5.32 Å². The van der Waals surface area contributed by atoms with Crippen molar-refractivity contribution in [2.75, 3.05) is 24.7 Å². The second-order valence-electron chi connectivity index (χ2n) is 3.37. The van der Waals surface area contributed by atoms with Crippen LogP contribution in [0.5, 0.6) is 0 Å². The number of rotatable bonds is 0. The van der Waals surface area contributed by atoms with Gasteiger partial charge in [-0.1, -0.05) is 0 Å². The summed E-state index contributed by atoms with van der Waals surface area (Å²) in [4.78, 5) is 0. The van der Waals surface area contributed by atoms with Crippen molar-refractivity contribution in [2.45, 2.75) is 18.6 Å². The van der Waals surface area contributed by atoms with Gasteiger partial charge in [-0.2, -0.15) is 0 Å². The third kappa shape index (κ3) is 1.62. The Morgan fingerprint density at radius 3 is 3.08 bits per heavy atom. The highest BCUT2D eigenvalue weighted by atomic mass is 32.2. The number of morpholine rings is 1. The first-order chi connectivity index (χ1) is 5.67. The molecule has 2 rings (SSSR count). The minimum atomic E-state index is -2.80. The highest BCUT2D eigenvalue weighted by Gasteiger charge is 2.35. The average Bonchev–Trinajstić information content (AvgIpc) is 2.02. The molecule has 0 amide bonds. The smallest absolute Gasteiger partial charge is 0.152 e. The van der Waals surface area contributed by atoms with Crippen LogP contribution in [0, 0.1) is 0 Å². The van der Waals surface area contributed by atoms with E-state index in [-0.39, 0.29) is 23.7 Å². The van der Waals surface area contributed by atoms with Crippen LogP contribution in [0.25, 0.3) is 0 Å². The lowest BCUT2D eigenvalue weighted by molar-refractivity contribution is -0.00195. The lowest BCUT2D eigenvalue weighted by Crippen LogP contribution is -2.55. The topological polar surface area (TPSA) is 55.4 Å². The Hall–Kier alpha value is -0.130. The van der Waals surface area contributed by atoms with Crippen LogP contribution in [0.1, 0.15) is 6.42 Å². The van der Waals surface area contributed by atoms with Gasteiger partial charge in [0, 0.05) is 12.6 Å². The quantitative estimate of drug-likeness (QED) is 0.542. The van der Waals surface area contributed by atoms with E-state index in [4.69, 9.17) is 4.74 Å². The molecule has 0 radical (unpaired) electrons. The minimum absolute atomic E-state index is 0.0394. The van der Waals surface area contributed by atoms with Crippen molar-refractivity contribution in [1.29, 1.82) is 0 Å². The summed E-state index contributed by atoms with van der Waals surface area (Å²) in [5.41, 5.74) is 0. The number of ether oxygens (including phenoxy) is 1. The Labute approximate surface area is 72.2 Å². The monoisotopic (exact) mass is 191 g/mol. The van der Waals surface area contributed by atoms with Crippen molar-refractivity contribution in [2.24, 2.45) is 0 Å². The largest absolute Gasteiger partial charge is 0.375 e. The van der Waals surface area contributed by atoms with Crippen LogP contribution in [0.15, 0.2) is 0 Å². The number of nitrogens with one attached hydrogen (secondary N) is 1. The molecule has 2 saturated heterocycles. The summed E-state index contributed by atoms with van der Waals surface area (Å²) in [5.74, 6) is 0.535. The summed E-state index contributed by atoms with van der Waals surface area (Å²) < 4.78 is 27.9. The Morgan fingerprint density at radius 2 is 2.25 bits per heavy atom. The summed E-state index contributed by atoms with van der Waals surface area (Å²) in [6.45, 7) is 1.48. The molecule has 1 N–H and O–H groups in total. The SMILES string of the molecule is O=S1(=O)CCC2OCCNC2C1. The molecule has 0 spiro atoms. The molecule has 5 heteroatoms. The summed E-state index contributed by atoms with van der Waals surface area (Å²) in [5, 5.41) is 3.17. The van der Waals surface area contributed by atoms with Gasteiger partial charge in [0.05, 0.1) is 24.2 Å². The maximum absolute atomic E-state index is 11.2. The van der Waals surface area contributed by atoms with Gasteiger partial charge in [0.25, 0.3) is 0 Å². The maximum atomic E-state index is 11.2. The molecule has 2 heterocycles. The molecule has 0 aliphatic carbocycles. The van der Waals surface area contributed by atoms with Crippen molar-refractivity contribution >= 4 is 9.84 Å². The normalized spacial score (nSPS) is 40.3. The molecule has 0 aromatic carbocycles. The fourth-order valence-corrected chi connectivity index (χ4v) is 3.44. The van der Waals surface area contributed by atoms with Gasteiger partial charge >= 0.3 is 0 Å². The zero-order chi connectivity index (χ0) is 8.60. The Morgan fingerprint density at radius 1 is 1.42 bits per heavy atom. The molecule has 70 valence electrons. The zero-order valence-electron chi connectivity index (χ0n) is 6.82. The van der Waals surface area contributed by atoms with Crippen molar-refractivity contribution < 1.29 is 13.2 Å². The second-order valence-corrected chi connectivity index (χ2v) is 5.60. The van der Waals surface area contributed by atoms with Crippen LogP contribution in [-0.4, -0.2) is 45.2 Å². The molecule has 2 fully saturated rings. The van der Waals surface area contributed by atoms with Crippen molar-refractivity contribution in [3.05, 3.63) is 0 Å². The van der Waals surface area contributed by atoms with Crippen molar-refractivity contribution in [3.63, 3.8) is 0 Å². The summed E-state index contributed by atoms with van der Waals surface area (Å²) in [6, 6.07) is 0.0394. The first kappa shape index (κ1) is 8.47. The molecule has 4 nitrogen and oxygen atoms in total. The fourth-order valence-electron chi connectivity index (χ4n) is 1.81. The van der Waals surface area contributed by atoms with Crippen LogP contribution < -0.4 is 5.32 Å². The van der Waals surface area contributed by atoms with Crippen LogP contribution in [0.4, 0.5) is 0 Å².